The van der Waals surface area contributed by atoms with Crippen molar-refractivity contribution >= 4 is 46.4 Å². The largest absolute Gasteiger partial charge is 0.326 e. The van der Waals surface area contributed by atoms with Crippen LogP contribution in [0.1, 0.15) is 18.4 Å². The molecule has 1 saturated heterocycles. The molecule has 1 aliphatic rings. The average Bonchev–Trinajstić information content (AvgIpc) is 2.96. The number of nitrogens with zero attached hydrogens (tertiary/aromatic N) is 1. The van der Waals surface area contributed by atoms with Crippen LogP contribution in [0.4, 0.5) is 11.4 Å². The Morgan fingerprint density at radius 3 is 2.71 bits per heavy atom. The lowest BCUT2D eigenvalue weighted by molar-refractivity contribution is -0.117. The van der Waals surface area contributed by atoms with Crippen LogP contribution in [0, 0.1) is 0 Å². The SMILES string of the molecule is O=C(Cc1ccc(Cl)cc1Cl)Nc1cccc(N2CCCC2=O)c1. The smallest absolute Gasteiger partial charge is 0.228 e. The lowest BCUT2D eigenvalue weighted by atomic mass is 10.1. The van der Waals surface area contributed by atoms with Gasteiger partial charge in [0.15, 0.2) is 0 Å². The molecule has 0 aromatic heterocycles. The first-order chi connectivity index (χ1) is 11.5. The molecular weight excluding hydrogens is 347 g/mol. The number of hydrogen-bond donors (Lipinski definition) is 1. The normalized spacial score (nSPS) is 14.1. The fraction of sp³-hybridized carbons (Fsp3) is 0.222. The predicted molar refractivity (Wildman–Crippen MR) is 96.8 cm³/mol. The van der Waals surface area contributed by atoms with Crippen LogP contribution in [-0.2, 0) is 16.0 Å². The third-order valence-electron chi connectivity index (χ3n) is 3.88. The molecule has 3 rings (SSSR count). The van der Waals surface area contributed by atoms with Gasteiger partial charge in [-0.2, -0.15) is 0 Å². The van der Waals surface area contributed by atoms with E-state index in [1.807, 2.05) is 18.2 Å². The van der Waals surface area contributed by atoms with Crippen LogP contribution in [0.5, 0.6) is 0 Å². The van der Waals surface area contributed by atoms with Crippen molar-refractivity contribution in [2.45, 2.75) is 19.3 Å². The highest BCUT2D eigenvalue weighted by Crippen LogP contribution is 2.25. The van der Waals surface area contributed by atoms with Crippen molar-refractivity contribution in [3.8, 4) is 0 Å². The minimum Gasteiger partial charge on any atom is -0.326 e. The number of benzene rings is 2. The second kappa shape index (κ2) is 7.24. The third-order valence-corrected chi connectivity index (χ3v) is 4.47. The van der Waals surface area contributed by atoms with E-state index in [0.29, 0.717) is 27.7 Å². The zero-order valence-corrected chi connectivity index (χ0v) is 14.4. The summed E-state index contributed by atoms with van der Waals surface area (Å²) in [4.78, 5) is 25.8. The van der Waals surface area contributed by atoms with Crippen LogP contribution in [0.25, 0.3) is 0 Å². The van der Waals surface area contributed by atoms with Crippen LogP contribution in [0.15, 0.2) is 42.5 Å². The van der Waals surface area contributed by atoms with Gasteiger partial charge in [0.25, 0.3) is 0 Å². The number of carbonyl (C=O) groups excluding carboxylic acids is 2. The van der Waals surface area contributed by atoms with Gasteiger partial charge in [-0.15, -0.1) is 0 Å². The molecule has 0 spiro atoms. The molecule has 1 N–H and O–H groups in total. The van der Waals surface area contributed by atoms with Gasteiger partial charge >= 0.3 is 0 Å². The van der Waals surface area contributed by atoms with Crippen molar-refractivity contribution < 1.29 is 9.59 Å². The summed E-state index contributed by atoms with van der Waals surface area (Å²) < 4.78 is 0. The zero-order valence-electron chi connectivity index (χ0n) is 12.9. The van der Waals surface area contributed by atoms with E-state index in [1.165, 1.54) is 0 Å². The van der Waals surface area contributed by atoms with Gasteiger partial charge in [-0.05, 0) is 42.3 Å². The van der Waals surface area contributed by atoms with Gasteiger partial charge in [0.2, 0.25) is 11.8 Å². The maximum Gasteiger partial charge on any atom is 0.228 e. The van der Waals surface area contributed by atoms with Gasteiger partial charge in [-0.25, -0.2) is 0 Å². The lowest BCUT2D eigenvalue weighted by Gasteiger charge is -2.16. The number of nitrogens with one attached hydrogen (secondary N) is 1. The minimum absolute atomic E-state index is 0.117. The van der Waals surface area contributed by atoms with E-state index in [1.54, 1.807) is 29.2 Å². The number of hydrogen-bond acceptors (Lipinski definition) is 2. The summed E-state index contributed by atoms with van der Waals surface area (Å²) in [7, 11) is 0. The number of carbonyl (C=O) groups is 2. The van der Waals surface area contributed by atoms with Crippen molar-refractivity contribution in [3.63, 3.8) is 0 Å². The van der Waals surface area contributed by atoms with E-state index in [2.05, 4.69) is 5.32 Å². The Labute approximate surface area is 150 Å². The van der Waals surface area contributed by atoms with Gasteiger partial charge < -0.3 is 10.2 Å². The van der Waals surface area contributed by atoms with Gasteiger partial charge in [-0.3, -0.25) is 9.59 Å². The van der Waals surface area contributed by atoms with Crippen molar-refractivity contribution in [3.05, 3.63) is 58.1 Å². The highest BCUT2D eigenvalue weighted by molar-refractivity contribution is 6.35. The zero-order chi connectivity index (χ0) is 17.1. The molecule has 2 amide bonds. The van der Waals surface area contributed by atoms with Crippen LogP contribution in [0.2, 0.25) is 10.0 Å². The first-order valence-electron chi connectivity index (χ1n) is 7.67. The van der Waals surface area contributed by atoms with Crippen molar-refractivity contribution in [2.75, 3.05) is 16.8 Å². The molecule has 0 aliphatic carbocycles. The summed E-state index contributed by atoms with van der Waals surface area (Å²) in [5.74, 6) is -0.0597. The highest BCUT2D eigenvalue weighted by atomic mass is 35.5. The second-order valence-corrected chi connectivity index (χ2v) is 6.50. The number of rotatable bonds is 4. The van der Waals surface area contributed by atoms with Crippen LogP contribution >= 0.6 is 23.2 Å². The van der Waals surface area contributed by atoms with E-state index in [-0.39, 0.29) is 18.2 Å². The molecule has 124 valence electrons. The molecule has 2 aromatic carbocycles. The Morgan fingerprint density at radius 1 is 1.17 bits per heavy atom. The van der Waals surface area contributed by atoms with E-state index in [4.69, 9.17) is 23.2 Å². The van der Waals surface area contributed by atoms with Gasteiger partial charge in [0.05, 0.1) is 6.42 Å². The maximum absolute atomic E-state index is 12.2. The van der Waals surface area contributed by atoms with Gasteiger partial charge in [0.1, 0.15) is 0 Å². The minimum atomic E-state index is -0.177. The van der Waals surface area contributed by atoms with Crippen molar-refractivity contribution in [2.24, 2.45) is 0 Å². The van der Waals surface area contributed by atoms with Crippen LogP contribution in [-0.4, -0.2) is 18.4 Å². The third kappa shape index (κ3) is 3.89. The molecule has 1 fully saturated rings. The van der Waals surface area contributed by atoms with Crippen LogP contribution in [0.3, 0.4) is 0 Å². The molecule has 1 aliphatic heterocycles. The fourth-order valence-corrected chi connectivity index (χ4v) is 3.19. The monoisotopic (exact) mass is 362 g/mol. The molecule has 4 nitrogen and oxygen atoms in total. The fourth-order valence-electron chi connectivity index (χ4n) is 2.72. The highest BCUT2D eigenvalue weighted by Gasteiger charge is 2.21. The molecule has 0 bridgehead atoms. The Balaban J connectivity index is 1.69. The standard InChI is InChI=1S/C18H16Cl2N2O2/c19-13-7-6-12(16(20)10-13)9-17(23)21-14-3-1-4-15(11-14)22-8-2-5-18(22)24/h1,3-4,6-7,10-11H,2,5,8-9H2,(H,21,23). The summed E-state index contributed by atoms with van der Waals surface area (Å²) in [6.45, 7) is 0.719. The van der Waals surface area contributed by atoms with E-state index < -0.39 is 0 Å². The number of anilines is 2. The molecule has 24 heavy (non-hydrogen) atoms. The molecule has 1 heterocycles. The van der Waals surface area contributed by atoms with E-state index in [9.17, 15) is 9.59 Å². The Hall–Kier alpha value is -2.04. The van der Waals surface area contributed by atoms with E-state index in [0.717, 1.165) is 18.7 Å². The first-order valence-corrected chi connectivity index (χ1v) is 8.43. The predicted octanol–water partition coefficient (Wildman–Crippen LogP) is 4.30. The van der Waals surface area contributed by atoms with Crippen LogP contribution < -0.4 is 10.2 Å². The molecule has 2 aromatic rings. The van der Waals surface area contributed by atoms with Crippen molar-refractivity contribution in [1.82, 2.24) is 0 Å². The maximum atomic E-state index is 12.2. The molecule has 0 saturated carbocycles. The molecule has 6 heteroatoms. The van der Waals surface area contributed by atoms with E-state index >= 15 is 0 Å². The molecular formula is C18H16Cl2N2O2. The topological polar surface area (TPSA) is 49.4 Å². The summed E-state index contributed by atoms with van der Waals surface area (Å²) in [6.07, 6.45) is 1.60. The summed E-state index contributed by atoms with van der Waals surface area (Å²) in [6, 6.07) is 12.4. The van der Waals surface area contributed by atoms with Gasteiger partial charge in [-0.1, -0.05) is 35.3 Å². The average molecular weight is 363 g/mol. The summed E-state index contributed by atoms with van der Waals surface area (Å²) in [5, 5.41) is 3.84. The quantitative estimate of drug-likeness (QED) is 0.881. The Kier molecular flexibility index (Phi) is 5.07. The van der Waals surface area contributed by atoms with Crippen molar-refractivity contribution in [1.29, 1.82) is 0 Å². The molecule has 0 radical (unpaired) electrons. The Bertz CT molecular complexity index is 792. The summed E-state index contributed by atoms with van der Waals surface area (Å²) >= 11 is 12.0. The summed E-state index contributed by atoms with van der Waals surface area (Å²) in [5.41, 5.74) is 2.17. The number of halogens is 2. The molecule has 0 unspecified atom stereocenters. The second-order valence-electron chi connectivity index (χ2n) is 5.66. The number of amides is 2. The molecule has 0 atom stereocenters. The first kappa shape index (κ1) is 16.8. The Morgan fingerprint density at radius 2 is 2.00 bits per heavy atom. The lowest BCUT2D eigenvalue weighted by Crippen LogP contribution is -2.23. The van der Waals surface area contributed by atoms with Gasteiger partial charge in [0, 0.05) is 34.4 Å².